The van der Waals surface area contributed by atoms with Gasteiger partial charge in [0.25, 0.3) is 0 Å². The highest BCUT2D eigenvalue weighted by Gasteiger charge is 2.50. The zero-order chi connectivity index (χ0) is 34.2. The first-order valence-corrected chi connectivity index (χ1v) is 17.7. The molecule has 6 aromatic rings. The largest absolute Gasteiger partial charge is 0.457 e. The second-order valence-corrected chi connectivity index (χ2v) is 14.1. The molecule has 0 amide bonds. The molecule has 0 aromatic heterocycles. The minimum Gasteiger partial charge on any atom is -0.457 e. The second kappa shape index (κ2) is 11.2. The van der Waals surface area contributed by atoms with Gasteiger partial charge in [0.2, 0.25) is 0 Å². The zero-order valence-corrected chi connectivity index (χ0v) is 28.8. The molecule has 248 valence electrons. The Morgan fingerprint density at radius 2 is 0.765 bits per heavy atom. The van der Waals surface area contributed by atoms with Crippen molar-refractivity contribution in [1.29, 1.82) is 0 Å². The van der Waals surface area contributed by atoms with Crippen molar-refractivity contribution in [1.82, 2.24) is 19.6 Å². The Bertz CT molecular complexity index is 2140. The molecular formula is C46H38N4O. The summed E-state index contributed by atoms with van der Waals surface area (Å²) in [6, 6.07) is 52.9. The summed E-state index contributed by atoms with van der Waals surface area (Å²) in [7, 11) is 4.26. The van der Waals surface area contributed by atoms with E-state index in [1.807, 2.05) is 0 Å². The number of hydrogen-bond donors (Lipinski definition) is 0. The molecule has 2 heterocycles. The van der Waals surface area contributed by atoms with Gasteiger partial charge in [-0.3, -0.25) is 0 Å². The first-order valence-electron chi connectivity index (χ1n) is 17.7. The summed E-state index contributed by atoms with van der Waals surface area (Å²) in [6.45, 7) is 1.56. The van der Waals surface area contributed by atoms with Gasteiger partial charge < -0.3 is 24.3 Å². The fourth-order valence-electron chi connectivity index (χ4n) is 9.20. The number of ether oxygens (including phenoxy) is 1. The Balaban J connectivity index is 1.10. The van der Waals surface area contributed by atoms with Crippen molar-refractivity contribution in [3.63, 3.8) is 0 Å². The van der Waals surface area contributed by atoms with Gasteiger partial charge in [-0.25, -0.2) is 0 Å². The Morgan fingerprint density at radius 1 is 0.412 bits per heavy atom. The predicted molar refractivity (Wildman–Crippen MR) is 204 cm³/mol. The van der Waals surface area contributed by atoms with Crippen LogP contribution in [0.5, 0.6) is 11.5 Å². The SMILES string of the molecule is CN1C=CN(C2(c3cccc(Oc4cccc(C5(N6C=CN(C)C6)c6ccccc6-c6ccccc65)c4)c3)c3ccccc3-c3ccccc32)C1. The highest BCUT2D eigenvalue weighted by atomic mass is 16.5. The molecule has 0 saturated heterocycles. The Labute approximate surface area is 299 Å². The van der Waals surface area contributed by atoms with E-state index in [0.717, 1.165) is 24.8 Å². The monoisotopic (exact) mass is 662 g/mol. The summed E-state index contributed by atoms with van der Waals surface area (Å²) in [4.78, 5) is 9.41. The van der Waals surface area contributed by atoms with Crippen LogP contribution < -0.4 is 4.74 Å². The molecule has 5 nitrogen and oxygen atoms in total. The van der Waals surface area contributed by atoms with Crippen LogP contribution in [0.4, 0.5) is 0 Å². The second-order valence-electron chi connectivity index (χ2n) is 14.1. The van der Waals surface area contributed by atoms with Gasteiger partial charge in [-0.2, -0.15) is 0 Å². The van der Waals surface area contributed by atoms with Crippen molar-refractivity contribution < 1.29 is 4.74 Å². The molecular weight excluding hydrogens is 625 g/mol. The van der Waals surface area contributed by atoms with Gasteiger partial charge in [0, 0.05) is 38.9 Å². The van der Waals surface area contributed by atoms with Crippen LogP contribution >= 0.6 is 0 Å². The lowest BCUT2D eigenvalue weighted by molar-refractivity contribution is 0.197. The van der Waals surface area contributed by atoms with E-state index >= 15 is 0 Å². The third-order valence-corrected chi connectivity index (χ3v) is 11.2. The molecule has 0 saturated carbocycles. The summed E-state index contributed by atoms with van der Waals surface area (Å²) >= 11 is 0. The summed E-state index contributed by atoms with van der Waals surface area (Å²) in [5.41, 5.74) is 11.6. The van der Waals surface area contributed by atoms with Crippen LogP contribution in [0.1, 0.15) is 33.4 Å². The molecule has 2 aliphatic carbocycles. The van der Waals surface area contributed by atoms with Crippen molar-refractivity contribution >= 4 is 0 Å². The molecule has 0 fully saturated rings. The Hall–Kier alpha value is -6.20. The highest BCUT2D eigenvalue weighted by molar-refractivity contribution is 5.84. The summed E-state index contributed by atoms with van der Waals surface area (Å²) in [6.07, 6.45) is 8.80. The van der Waals surface area contributed by atoms with E-state index in [9.17, 15) is 0 Å². The number of hydrogen-bond acceptors (Lipinski definition) is 5. The molecule has 10 rings (SSSR count). The van der Waals surface area contributed by atoms with E-state index in [1.54, 1.807) is 0 Å². The normalized spacial score (nSPS) is 17.1. The lowest BCUT2D eigenvalue weighted by Gasteiger charge is -2.42. The van der Waals surface area contributed by atoms with Gasteiger partial charge >= 0.3 is 0 Å². The molecule has 0 atom stereocenters. The summed E-state index contributed by atoms with van der Waals surface area (Å²) in [5, 5.41) is 0. The molecule has 2 aliphatic heterocycles. The van der Waals surface area contributed by atoms with Gasteiger partial charge in [-0.05, 0) is 79.9 Å². The molecule has 51 heavy (non-hydrogen) atoms. The summed E-state index contributed by atoms with van der Waals surface area (Å²) in [5.74, 6) is 1.62. The molecule has 4 aliphatic rings. The predicted octanol–water partition coefficient (Wildman–Crippen LogP) is 9.38. The molecule has 0 bridgehead atoms. The summed E-state index contributed by atoms with van der Waals surface area (Å²) < 4.78 is 6.89. The number of nitrogens with zero attached hydrogens (tertiary/aromatic N) is 4. The quantitative estimate of drug-likeness (QED) is 0.177. The highest BCUT2D eigenvalue weighted by Crippen LogP contribution is 2.57. The third-order valence-electron chi connectivity index (χ3n) is 11.2. The molecule has 0 N–H and O–H groups in total. The number of rotatable bonds is 6. The maximum atomic E-state index is 6.89. The number of benzene rings is 6. The van der Waals surface area contributed by atoms with Crippen molar-refractivity contribution in [2.45, 2.75) is 11.1 Å². The van der Waals surface area contributed by atoms with Crippen LogP contribution in [0.25, 0.3) is 22.3 Å². The molecule has 0 spiro atoms. The average molecular weight is 663 g/mol. The maximum Gasteiger partial charge on any atom is 0.127 e. The van der Waals surface area contributed by atoms with E-state index in [4.69, 9.17) is 4.74 Å². The van der Waals surface area contributed by atoms with Crippen LogP contribution in [-0.4, -0.2) is 47.0 Å². The van der Waals surface area contributed by atoms with Gasteiger partial charge in [0.15, 0.2) is 0 Å². The van der Waals surface area contributed by atoms with Crippen molar-refractivity contribution in [2.24, 2.45) is 0 Å². The zero-order valence-electron chi connectivity index (χ0n) is 28.8. The topological polar surface area (TPSA) is 22.2 Å². The van der Waals surface area contributed by atoms with E-state index in [1.165, 1.54) is 55.6 Å². The molecule has 0 unspecified atom stereocenters. The Morgan fingerprint density at radius 3 is 1.10 bits per heavy atom. The maximum absolute atomic E-state index is 6.89. The molecule has 0 radical (unpaired) electrons. The molecule has 5 heteroatoms. The fourth-order valence-corrected chi connectivity index (χ4v) is 9.20. The van der Waals surface area contributed by atoms with Gasteiger partial charge in [0.05, 0.1) is 13.3 Å². The smallest absolute Gasteiger partial charge is 0.127 e. The minimum absolute atomic E-state index is 0.509. The minimum atomic E-state index is -0.509. The Kier molecular flexibility index (Phi) is 6.50. The first-order chi connectivity index (χ1) is 25.1. The van der Waals surface area contributed by atoms with Gasteiger partial charge in [-0.15, -0.1) is 0 Å². The van der Waals surface area contributed by atoms with Crippen molar-refractivity contribution in [2.75, 3.05) is 27.4 Å². The average Bonchev–Trinajstić information content (AvgIpc) is 3.94. The lowest BCUT2D eigenvalue weighted by atomic mass is 9.79. The van der Waals surface area contributed by atoms with E-state index in [2.05, 4.69) is 204 Å². The standard InChI is InChI=1S/C46H38N4O/c1-47-25-27-49(31-47)45(41-21-7-3-17-37(41)38-18-4-8-22-42(38)45)33-13-11-15-35(29-33)51-36-16-12-14-34(30-36)46(50-28-26-48(2)32-50)43-23-9-5-19-39(43)40-20-6-10-24-44(40)46/h3-30H,31-32H2,1-2H3. The van der Waals surface area contributed by atoms with Crippen LogP contribution in [-0.2, 0) is 11.1 Å². The van der Waals surface area contributed by atoms with Crippen LogP contribution in [0.2, 0.25) is 0 Å². The lowest BCUT2D eigenvalue weighted by Crippen LogP contribution is -2.44. The molecule has 6 aromatic carbocycles. The number of fused-ring (bicyclic) bond motifs is 6. The van der Waals surface area contributed by atoms with Gasteiger partial charge in [-0.1, -0.05) is 121 Å². The first kappa shape index (κ1) is 29.7. The van der Waals surface area contributed by atoms with Crippen molar-refractivity contribution in [3.8, 4) is 33.8 Å². The fraction of sp³-hybridized carbons (Fsp3) is 0.130. The van der Waals surface area contributed by atoms with E-state index < -0.39 is 11.1 Å². The van der Waals surface area contributed by atoms with Crippen LogP contribution in [0.3, 0.4) is 0 Å². The van der Waals surface area contributed by atoms with Crippen molar-refractivity contribution in [3.05, 3.63) is 204 Å². The van der Waals surface area contributed by atoms with E-state index in [0.29, 0.717) is 0 Å². The van der Waals surface area contributed by atoms with Crippen LogP contribution in [0.15, 0.2) is 170 Å². The van der Waals surface area contributed by atoms with Gasteiger partial charge in [0.1, 0.15) is 22.6 Å². The van der Waals surface area contributed by atoms with Crippen LogP contribution in [0, 0.1) is 0 Å². The third kappa shape index (κ3) is 4.15. The van der Waals surface area contributed by atoms with E-state index in [-0.39, 0.29) is 0 Å².